The lowest BCUT2D eigenvalue weighted by molar-refractivity contribution is 0.0702. The van der Waals surface area contributed by atoms with Crippen LogP contribution in [0.15, 0.2) is 53.1 Å². The number of furan rings is 1. The highest BCUT2D eigenvalue weighted by atomic mass is 35.5. The highest BCUT2D eigenvalue weighted by Gasteiger charge is 2.29. The van der Waals surface area contributed by atoms with Gasteiger partial charge < -0.3 is 9.32 Å². The number of pyridine rings is 1. The molecule has 0 aliphatic carbocycles. The molecule has 4 aromatic rings. The van der Waals surface area contributed by atoms with Crippen molar-refractivity contribution in [3.63, 3.8) is 0 Å². The molecule has 0 atom stereocenters. The van der Waals surface area contributed by atoms with E-state index in [1.807, 2.05) is 42.1 Å². The second-order valence-corrected chi connectivity index (χ2v) is 7.32. The van der Waals surface area contributed by atoms with E-state index in [1.165, 1.54) is 5.56 Å². The summed E-state index contributed by atoms with van der Waals surface area (Å²) in [5, 5.41) is 5.36. The molecule has 0 fully saturated rings. The highest BCUT2D eigenvalue weighted by molar-refractivity contribution is 6.30. The van der Waals surface area contributed by atoms with Crippen LogP contribution in [0.4, 0.5) is 0 Å². The van der Waals surface area contributed by atoms with Gasteiger partial charge >= 0.3 is 0 Å². The van der Waals surface area contributed by atoms with Crippen molar-refractivity contribution in [1.82, 2.24) is 19.7 Å². The zero-order valence-electron chi connectivity index (χ0n) is 15.2. The first-order valence-electron chi connectivity index (χ1n) is 9.04. The van der Waals surface area contributed by atoms with E-state index < -0.39 is 0 Å². The van der Waals surface area contributed by atoms with Gasteiger partial charge in [-0.1, -0.05) is 23.7 Å². The van der Waals surface area contributed by atoms with E-state index in [0.717, 1.165) is 23.4 Å². The predicted molar refractivity (Wildman–Crippen MR) is 106 cm³/mol. The molecule has 7 heteroatoms. The van der Waals surface area contributed by atoms with Crippen LogP contribution in [0.5, 0.6) is 0 Å². The van der Waals surface area contributed by atoms with Crippen molar-refractivity contribution >= 4 is 28.6 Å². The standard InChI is InChI=1S/C21H17ClN4O2/c1-25-20(13-4-2-5-14(22)10-13)15-7-9-26(12-17(15)24-25)21(27)19-11-16-18(28-19)6-3-8-23-16/h2-6,8,10-11H,7,9,12H2,1H3. The number of halogens is 1. The largest absolute Gasteiger partial charge is 0.449 e. The first kappa shape index (κ1) is 17.0. The van der Waals surface area contributed by atoms with Crippen LogP contribution in [0.25, 0.3) is 22.4 Å². The van der Waals surface area contributed by atoms with Gasteiger partial charge in [0, 0.05) is 42.0 Å². The van der Waals surface area contributed by atoms with Crippen LogP contribution in [0.3, 0.4) is 0 Å². The highest BCUT2D eigenvalue weighted by Crippen LogP contribution is 2.32. The van der Waals surface area contributed by atoms with Gasteiger partial charge in [-0.3, -0.25) is 14.5 Å². The molecule has 0 N–H and O–H groups in total. The third-order valence-corrected chi connectivity index (χ3v) is 5.32. The van der Waals surface area contributed by atoms with Crippen LogP contribution in [0.2, 0.25) is 5.02 Å². The van der Waals surface area contributed by atoms with Gasteiger partial charge in [-0.15, -0.1) is 0 Å². The van der Waals surface area contributed by atoms with Gasteiger partial charge in [-0.05, 0) is 30.7 Å². The molecule has 140 valence electrons. The Balaban J connectivity index is 1.45. The number of carbonyl (C=O) groups excluding carboxylic acids is 1. The maximum absolute atomic E-state index is 12.9. The van der Waals surface area contributed by atoms with E-state index >= 15 is 0 Å². The zero-order valence-corrected chi connectivity index (χ0v) is 16.0. The Kier molecular flexibility index (Phi) is 3.94. The number of hydrogen-bond acceptors (Lipinski definition) is 4. The SMILES string of the molecule is Cn1nc2c(c1-c1cccc(Cl)c1)CCN(C(=O)c1cc3ncccc3o1)C2. The smallest absolute Gasteiger partial charge is 0.290 e. The molecule has 5 rings (SSSR count). The summed E-state index contributed by atoms with van der Waals surface area (Å²) < 4.78 is 7.56. The summed E-state index contributed by atoms with van der Waals surface area (Å²) >= 11 is 6.17. The monoisotopic (exact) mass is 392 g/mol. The lowest BCUT2D eigenvalue weighted by Crippen LogP contribution is -2.35. The van der Waals surface area contributed by atoms with Crippen LogP contribution >= 0.6 is 11.6 Å². The molecule has 1 amide bonds. The topological polar surface area (TPSA) is 64.2 Å². The van der Waals surface area contributed by atoms with E-state index in [-0.39, 0.29) is 5.91 Å². The van der Waals surface area contributed by atoms with Crippen molar-refractivity contribution in [2.24, 2.45) is 7.05 Å². The summed E-state index contributed by atoms with van der Waals surface area (Å²) in [5.41, 5.74) is 5.46. The fourth-order valence-corrected chi connectivity index (χ4v) is 4.01. The molecule has 0 saturated carbocycles. The van der Waals surface area contributed by atoms with Gasteiger partial charge in [-0.25, -0.2) is 0 Å². The van der Waals surface area contributed by atoms with Crippen molar-refractivity contribution in [2.75, 3.05) is 6.54 Å². The minimum Gasteiger partial charge on any atom is -0.449 e. The second-order valence-electron chi connectivity index (χ2n) is 6.88. The summed E-state index contributed by atoms with van der Waals surface area (Å²) in [7, 11) is 1.92. The van der Waals surface area contributed by atoms with E-state index in [4.69, 9.17) is 16.0 Å². The average molecular weight is 393 g/mol. The first-order chi connectivity index (χ1) is 13.6. The number of nitrogens with zero attached hydrogens (tertiary/aromatic N) is 4. The number of aromatic nitrogens is 3. The number of carbonyl (C=O) groups is 1. The molecular weight excluding hydrogens is 376 g/mol. The molecule has 1 aromatic carbocycles. The van der Waals surface area contributed by atoms with Crippen molar-refractivity contribution in [3.05, 3.63) is 70.7 Å². The summed E-state index contributed by atoms with van der Waals surface area (Å²) in [5.74, 6) is 0.168. The molecule has 0 radical (unpaired) electrons. The summed E-state index contributed by atoms with van der Waals surface area (Å²) in [6.45, 7) is 1.06. The van der Waals surface area contributed by atoms with Gasteiger partial charge in [0.2, 0.25) is 0 Å². The predicted octanol–water partition coefficient (Wildman–Crippen LogP) is 4.08. The van der Waals surface area contributed by atoms with Crippen molar-refractivity contribution in [3.8, 4) is 11.3 Å². The van der Waals surface area contributed by atoms with Crippen LogP contribution in [0, 0.1) is 0 Å². The quantitative estimate of drug-likeness (QED) is 0.515. The second kappa shape index (κ2) is 6.49. The van der Waals surface area contributed by atoms with Crippen LogP contribution in [-0.2, 0) is 20.0 Å². The van der Waals surface area contributed by atoms with Gasteiger partial charge in [0.05, 0.1) is 17.9 Å². The maximum atomic E-state index is 12.9. The van der Waals surface area contributed by atoms with Gasteiger partial charge in [0.15, 0.2) is 11.3 Å². The van der Waals surface area contributed by atoms with Gasteiger partial charge in [0.25, 0.3) is 5.91 Å². The molecule has 0 unspecified atom stereocenters. The van der Waals surface area contributed by atoms with Gasteiger partial charge in [0.1, 0.15) is 5.52 Å². The summed E-state index contributed by atoms with van der Waals surface area (Å²) in [6.07, 6.45) is 2.42. The number of amides is 1. The van der Waals surface area contributed by atoms with Crippen molar-refractivity contribution in [1.29, 1.82) is 0 Å². The average Bonchev–Trinajstić information content (AvgIpc) is 3.26. The van der Waals surface area contributed by atoms with E-state index in [0.29, 0.717) is 35.0 Å². The molecule has 4 heterocycles. The normalized spacial score (nSPS) is 13.7. The lowest BCUT2D eigenvalue weighted by Gasteiger charge is -2.25. The molecule has 0 spiro atoms. The molecular formula is C21H17ClN4O2. The van der Waals surface area contributed by atoms with Gasteiger partial charge in [-0.2, -0.15) is 5.10 Å². The summed E-state index contributed by atoms with van der Waals surface area (Å²) in [4.78, 5) is 18.9. The summed E-state index contributed by atoms with van der Waals surface area (Å²) in [6, 6.07) is 13.1. The van der Waals surface area contributed by atoms with Crippen molar-refractivity contribution in [2.45, 2.75) is 13.0 Å². The fourth-order valence-electron chi connectivity index (χ4n) is 3.82. The van der Waals surface area contributed by atoms with E-state index in [2.05, 4.69) is 10.1 Å². The maximum Gasteiger partial charge on any atom is 0.290 e. The molecule has 0 bridgehead atoms. The van der Waals surface area contributed by atoms with Crippen LogP contribution in [0.1, 0.15) is 21.8 Å². The number of benzene rings is 1. The minimum atomic E-state index is -0.140. The minimum absolute atomic E-state index is 0.140. The Labute approximate surface area is 166 Å². The molecule has 28 heavy (non-hydrogen) atoms. The molecule has 1 aliphatic heterocycles. The zero-order chi connectivity index (χ0) is 19.3. The Morgan fingerprint density at radius 1 is 1.21 bits per heavy atom. The van der Waals surface area contributed by atoms with Crippen molar-refractivity contribution < 1.29 is 9.21 Å². The van der Waals surface area contributed by atoms with E-state index in [1.54, 1.807) is 23.2 Å². The molecule has 0 saturated heterocycles. The first-order valence-corrected chi connectivity index (χ1v) is 9.42. The van der Waals surface area contributed by atoms with E-state index in [9.17, 15) is 4.79 Å². The molecule has 6 nitrogen and oxygen atoms in total. The third-order valence-electron chi connectivity index (χ3n) is 5.08. The Morgan fingerprint density at radius 3 is 2.93 bits per heavy atom. The Hall–Kier alpha value is -3.12. The van der Waals surface area contributed by atoms with Crippen LogP contribution in [-0.4, -0.2) is 32.1 Å². The van der Waals surface area contributed by atoms with Crippen LogP contribution < -0.4 is 0 Å². The Bertz CT molecular complexity index is 1180. The lowest BCUT2D eigenvalue weighted by atomic mass is 9.99. The number of hydrogen-bond donors (Lipinski definition) is 0. The fraction of sp³-hybridized carbons (Fsp3) is 0.190. The molecule has 3 aromatic heterocycles. The number of rotatable bonds is 2. The Morgan fingerprint density at radius 2 is 2.11 bits per heavy atom. The third kappa shape index (κ3) is 2.77. The number of aryl methyl sites for hydroxylation is 1. The number of fused-ring (bicyclic) bond motifs is 2. The molecule has 1 aliphatic rings.